The summed E-state index contributed by atoms with van der Waals surface area (Å²) < 4.78 is 4.27. The average molecular weight is 320 g/mol. The fraction of sp³-hybridized carbons (Fsp3) is 0.389. The van der Waals surface area contributed by atoms with Gasteiger partial charge in [-0.1, -0.05) is 0 Å². The van der Waals surface area contributed by atoms with Crippen molar-refractivity contribution in [2.24, 2.45) is 13.0 Å². The molecule has 2 atom stereocenters. The topological polar surface area (TPSA) is 51.8 Å². The Hall–Kier alpha value is -2.47. The lowest BCUT2D eigenvalue weighted by Gasteiger charge is -2.16. The summed E-state index contributed by atoms with van der Waals surface area (Å²) in [6.07, 6.45) is 9.82. The van der Waals surface area contributed by atoms with Gasteiger partial charge in [0.1, 0.15) is 5.82 Å². The van der Waals surface area contributed by atoms with E-state index in [-0.39, 0.29) is 0 Å². The number of likely N-dealkylation sites (tertiary alicyclic amines) is 1. The van der Waals surface area contributed by atoms with E-state index in [1.54, 1.807) is 0 Å². The van der Waals surface area contributed by atoms with Gasteiger partial charge in [0.15, 0.2) is 0 Å². The highest BCUT2D eigenvalue weighted by atomic mass is 15.3. The van der Waals surface area contributed by atoms with E-state index in [0.717, 1.165) is 31.7 Å². The Kier molecular flexibility index (Phi) is 3.06. The van der Waals surface area contributed by atoms with Gasteiger partial charge in [-0.05, 0) is 12.1 Å². The lowest BCUT2D eigenvalue weighted by Crippen LogP contribution is -2.22. The normalized spacial score (nSPS) is 22.7. The number of nitrogens with zero attached hydrogens (tertiary/aromatic N) is 6. The monoisotopic (exact) mass is 320 g/mol. The van der Waals surface area contributed by atoms with Crippen LogP contribution in [0.3, 0.4) is 0 Å². The number of fused-ring (bicyclic) bond motifs is 3. The standard InChI is InChI=1S/C18H20N6/c1-22-8-13(5-21-22)9-23-10-15-11-24-17(14-3-2-4-19-6-14)7-20-18(24)16(15)12-23/h2-8,15-16H,9-12H2,1H3/t15-,16+/m0/s1. The second-order valence-corrected chi connectivity index (χ2v) is 6.94. The summed E-state index contributed by atoms with van der Waals surface area (Å²) >= 11 is 0. The molecule has 0 spiro atoms. The minimum atomic E-state index is 0.548. The van der Waals surface area contributed by atoms with Crippen molar-refractivity contribution in [2.45, 2.75) is 19.0 Å². The van der Waals surface area contributed by atoms with E-state index >= 15 is 0 Å². The van der Waals surface area contributed by atoms with Gasteiger partial charge in [-0.15, -0.1) is 0 Å². The van der Waals surface area contributed by atoms with Crippen LogP contribution in [0.2, 0.25) is 0 Å². The summed E-state index contributed by atoms with van der Waals surface area (Å²) in [5, 5.41) is 4.27. The first-order valence-electron chi connectivity index (χ1n) is 8.43. The van der Waals surface area contributed by atoms with E-state index in [0.29, 0.717) is 11.8 Å². The van der Waals surface area contributed by atoms with Gasteiger partial charge in [0.25, 0.3) is 0 Å². The Bertz CT molecular complexity index is 865. The van der Waals surface area contributed by atoms with E-state index in [1.165, 1.54) is 17.1 Å². The Morgan fingerprint density at radius 3 is 2.92 bits per heavy atom. The van der Waals surface area contributed by atoms with Gasteiger partial charge in [-0.25, -0.2) is 4.98 Å². The smallest absolute Gasteiger partial charge is 0.113 e. The van der Waals surface area contributed by atoms with Gasteiger partial charge in [-0.3, -0.25) is 14.6 Å². The zero-order valence-corrected chi connectivity index (χ0v) is 13.7. The van der Waals surface area contributed by atoms with Crippen LogP contribution in [-0.2, 0) is 20.1 Å². The highest BCUT2D eigenvalue weighted by Crippen LogP contribution is 2.41. The van der Waals surface area contributed by atoms with Crippen molar-refractivity contribution in [3.8, 4) is 11.3 Å². The molecule has 5 heterocycles. The molecule has 0 unspecified atom stereocenters. The van der Waals surface area contributed by atoms with Crippen LogP contribution in [0.1, 0.15) is 17.3 Å². The molecule has 2 aliphatic rings. The second-order valence-electron chi connectivity index (χ2n) is 6.94. The molecule has 0 amide bonds. The molecule has 6 nitrogen and oxygen atoms in total. The summed E-state index contributed by atoms with van der Waals surface area (Å²) in [6, 6.07) is 4.10. The molecule has 0 N–H and O–H groups in total. The van der Waals surface area contributed by atoms with Crippen molar-refractivity contribution in [1.29, 1.82) is 0 Å². The molecule has 0 bridgehead atoms. The molecule has 0 aromatic carbocycles. The van der Waals surface area contributed by atoms with Gasteiger partial charge in [0, 0.05) is 74.8 Å². The van der Waals surface area contributed by atoms with Crippen LogP contribution in [0, 0.1) is 5.92 Å². The number of rotatable bonds is 3. The van der Waals surface area contributed by atoms with Crippen LogP contribution in [0.4, 0.5) is 0 Å². The maximum Gasteiger partial charge on any atom is 0.113 e. The Balaban J connectivity index is 1.37. The molecule has 24 heavy (non-hydrogen) atoms. The first-order valence-corrected chi connectivity index (χ1v) is 8.43. The molecular formula is C18H20N6. The van der Waals surface area contributed by atoms with Gasteiger partial charge in [0.2, 0.25) is 0 Å². The SMILES string of the molecule is Cn1cc(CN2C[C@H]3Cn4c(-c5cccnc5)cnc4[C@@H]3C2)cn1. The summed E-state index contributed by atoms with van der Waals surface area (Å²) in [7, 11) is 1.97. The lowest BCUT2D eigenvalue weighted by atomic mass is 9.99. The van der Waals surface area contributed by atoms with Crippen molar-refractivity contribution >= 4 is 0 Å². The number of hydrogen-bond acceptors (Lipinski definition) is 4. The van der Waals surface area contributed by atoms with Crippen LogP contribution in [0.5, 0.6) is 0 Å². The second kappa shape index (κ2) is 5.27. The molecule has 6 heteroatoms. The van der Waals surface area contributed by atoms with Gasteiger partial charge in [-0.2, -0.15) is 5.10 Å². The molecule has 0 saturated carbocycles. The predicted octanol–water partition coefficient (Wildman–Crippen LogP) is 1.91. The largest absolute Gasteiger partial charge is 0.327 e. The Morgan fingerprint density at radius 1 is 1.17 bits per heavy atom. The van der Waals surface area contributed by atoms with E-state index in [1.807, 2.05) is 42.6 Å². The third kappa shape index (κ3) is 2.17. The molecule has 2 aliphatic heterocycles. The van der Waals surface area contributed by atoms with Gasteiger partial charge < -0.3 is 4.57 Å². The van der Waals surface area contributed by atoms with E-state index in [2.05, 4.69) is 31.8 Å². The fourth-order valence-corrected chi connectivity index (χ4v) is 4.24. The van der Waals surface area contributed by atoms with E-state index in [9.17, 15) is 0 Å². The minimum Gasteiger partial charge on any atom is -0.327 e. The van der Waals surface area contributed by atoms with Crippen molar-refractivity contribution < 1.29 is 0 Å². The number of imidazole rings is 1. The number of aryl methyl sites for hydroxylation is 1. The molecule has 5 rings (SSSR count). The van der Waals surface area contributed by atoms with Crippen LogP contribution in [-0.4, -0.2) is 42.3 Å². The zero-order valence-electron chi connectivity index (χ0n) is 13.7. The summed E-state index contributed by atoms with van der Waals surface area (Å²) in [6.45, 7) is 4.27. The summed E-state index contributed by atoms with van der Waals surface area (Å²) in [5.41, 5.74) is 3.65. The molecule has 3 aromatic rings. The summed E-state index contributed by atoms with van der Waals surface area (Å²) in [5.74, 6) is 2.46. The molecule has 1 fully saturated rings. The quantitative estimate of drug-likeness (QED) is 0.740. The minimum absolute atomic E-state index is 0.548. The van der Waals surface area contributed by atoms with Crippen LogP contribution in [0.25, 0.3) is 11.3 Å². The number of hydrogen-bond donors (Lipinski definition) is 0. The van der Waals surface area contributed by atoms with E-state index < -0.39 is 0 Å². The fourth-order valence-electron chi connectivity index (χ4n) is 4.24. The van der Waals surface area contributed by atoms with Crippen molar-refractivity contribution in [1.82, 2.24) is 29.2 Å². The number of pyridine rings is 1. The molecule has 0 radical (unpaired) electrons. The van der Waals surface area contributed by atoms with E-state index in [4.69, 9.17) is 4.98 Å². The zero-order chi connectivity index (χ0) is 16.1. The molecule has 122 valence electrons. The Labute approximate surface area is 140 Å². The summed E-state index contributed by atoms with van der Waals surface area (Å²) in [4.78, 5) is 11.5. The predicted molar refractivity (Wildman–Crippen MR) is 90.2 cm³/mol. The lowest BCUT2D eigenvalue weighted by molar-refractivity contribution is 0.306. The van der Waals surface area contributed by atoms with Crippen LogP contribution >= 0.6 is 0 Å². The first-order chi connectivity index (χ1) is 11.8. The third-order valence-electron chi connectivity index (χ3n) is 5.27. The third-order valence-corrected chi connectivity index (χ3v) is 5.27. The molecule has 3 aromatic heterocycles. The van der Waals surface area contributed by atoms with Gasteiger partial charge in [0.05, 0.1) is 18.1 Å². The average Bonchev–Trinajstić information content (AvgIpc) is 3.31. The highest BCUT2D eigenvalue weighted by molar-refractivity contribution is 5.58. The van der Waals surface area contributed by atoms with Gasteiger partial charge >= 0.3 is 0 Å². The highest BCUT2D eigenvalue weighted by Gasteiger charge is 2.42. The van der Waals surface area contributed by atoms with Crippen LogP contribution < -0.4 is 0 Å². The van der Waals surface area contributed by atoms with Crippen molar-refractivity contribution in [3.63, 3.8) is 0 Å². The maximum absolute atomic E-state index is 4.75. The first kappa shape index (κ1) is 13.9. The van der Waals surface area contributed by atoms with Crippen molar-refractivity contribution in [2.75, 3.05) is 13.1 Å². The maximum atomic E-state index is 4.75. The molecule has 0 aliphatic carbocycles. The molecular weight excluding hydrogens is 300 g/mol. The van der Waals surface area contributed by atoms with Crippen LogP contribution in [0.15, 0.2) is 43.1 Å². The molecule has 1 saturated heterocycles. The number of aromatic nitrogens is 5. The Morgan fingerprint density at radius 2 is 2.12 bits per heavy atom. The van der Waals surface area contributed by atoms with Crippen molar-refractivity contribution in [3.05, 3.63) is 54.5 Å².